The third-order valence-electron chi connectivity index (χ3n) is 2.91. The van der Waals surface area contributed by atoms with Gasteiger partial charge in [-0.1, -0.05) is 12.1 Å². The normalized spacial score (nSPS) is 10.2. The number of halogens is 1. The van der Waals surface area contributed by atoms with Gasteiger partial charge in [0.25, 0.3) is 0 Å². The van der Waals surface area contributed by atoms with Crippen LogP contribution in [0.3, 0.4) is 0 Å². The minimum absolute atomic E-state index is 0.0837. The van der Waals surface area contributed by atoms with Gasteiger partial charge in [0.05, 0.1) is 18.6 Å². The second-order valence-electron chi connectivity index (χ2n) is 4.58. The number of benzene rings is 1. The summed E-state index contributed by atoms with van der Waals surface area (Å²) in [6.07, 6.45) is 1.74. The van der Waals surface area contributed by atoms with Gasteiger partial charge in [0, 0.05) is 17.9 Å². The molecule has 0 saturated heterocycles. The number of alkyl halides is 1. The Hall–Kier alpha value is -1.68. The number of hydrogen-bond donors (Lipinski definition) is 0. The molecule has 0 saturated carbocycles. The van der Waals surface area contributed by atoms with Crippen molar-refractivity contribution in [1.82, 2.24) is 0 Å². The molecule has 0 unspecified atom stereocenters. The highest BCUT2D eigenvalue weighted by Crippen LogP contribution is 2.10. The van der Waals surface area contributed by atoms with Crippen molar-refractivity contribution in [3.05, 3.63) is 35.4 Å². The predicted octanol–water partition coefficient (Wildman–Crippen LogP) is 3.41. The lowest BCUT2D eigenvalue weighted by Gasteiger charge is -2.04. The number of hydrogen-bond acceptors (Lipinski definition) is 4. The number of esters is 1. The summed E-state index contributed by atoms with van der Waals surface area (Å²) in [5.74, 6) is -0.217. The summed E-state index contributed by atoms with van der Waals surface area (Å²) in [6.45, 7) is 2.03. The van der Waals surface area contributed by atoms with Crippen LogP contribution in [0.5, 0.6) is 0 Å². The number of carbonyl (C=O) groups excluding carboxylic acids is 3. The van der Waals surface area contributed by atoms with Gasteiger partial charge in [0.1, 0.15) is 5.78 Å². The molecule has 4 nitrogen and oxygen atoms in total. The van der Waals surface area contributed by atoms with Crippen molar-refractivity contribution >= 4 is 29.1 Å². The molecule has 1 aromatic carbocycles. The second kappa shape index (κ2) is 9.29. The van der Waals surface area contributed by atoms with E-state index in [1.807, 2.05) is 0 Å². The number of unbranched alkanes of at least 4 members (excludes halogenated alkanes) is 1. The van der Waals surface area contributed by atoms with Gasteiger partial charge in [-0.15, -0.1) is 11.6 Å². The Morgan fingerprint density at radius 2 is 1.67 bits per heavy atom. The lowest BCUT2D eigenvalue weighted by molar-refractivity contribution is -0.118. The zero-order valence-electron chi connectivity index (χ0n) is 12.1. The Bertz CT molecular complexity index is 494. The average molecular weight is 311 g/mol. The molecule has 0 N–H and O–H groups in total. The van der Waals surface area contributed by atoms with Gasteiger partial charge in [-0.25, -0.2) is 4.79 Å². The quantitative estimate of drug-likeness (QED) is 0.230. The molecule has 0 atom stereocenters. The maximum Gasteiger partial charge on any atom is 0.338 e. The fourth-order valence-electron chi connectivity index (χ4n) is 1.79. The molecule has 0 spiro atoms. The number of rotatable bonds is 9. The zero-order valence-corrected chi connectivity index (χ0v) is 12.8. The molecule has 1 rings (SSSR count). The molecule has 114 valence electrons. The first-order valence-electron chi connectivity index (χ1n) is 6.96. The van der Waals surface area contributed by atoms with Gasteiger partial charge in [-0.2, -0.15) is 0 Å². The molecule has 0 fully saturated rings. The van der Waals surface area contributed by atoms with E-state index in [2.05, 4.69) is 0 Å². The van der Waals surface area contributed by atoms with Crippen LogP contribution in [-0.4, -0.2) is 30.0 Å². The van der Waals surface area contributed by atoms with Crippen LogP contribution in [0, 0.1) is 0 Å². The summed E-state index contributed by atoms with van der Waals surface area (Å²) in [4.78, 5) is 35.0. The first-order valence-corrected chi connectivity index (χ1v) is 7.50. The highest BCUT2D eigenvalue weighted by molar-refractivity contribution is 6.17. The summed E-state index contributed by atoms with van der Waals surface area (Å²) in [5, 5.41) is 0. The number of carbonyl (C=O) groups is 3. The zero-order chi connectivity index (χ0) is 15.7. The Morgan fingerprint density at radius 3 is 2.24 bits per heavy atom. The molecule has 0 bridgehead atoms. The molecule has 0 radical (unpaired) electrons. The maximum atomic E-state index is 11.9. The fraction of sp³-hybridized carbons (Fsp3) is 0.438. The topological polar surface area (TPSA) is 60.4 Å². The number of ether oxygens (including phenoxy) is 1. The van der Waals surface area contributed by atoms with E-state index < -0.39 is 5.97 Å². The van der Waals surface area contributed by atoms with E-state index in [9.17, 15) is 14.4 Å². The Morgan fingerprint density at radius 1 is 1.05 bits per heavy atom. The SMILES string of the molecule is CCOC(=O)c1ccc(C(=O)CC(=O)CCCCCl)cc1. The monoisotopic (exact) mass is 310 g/mol. The molecule has 0 aliphatic heterocycles. The first kappa shape index (κ1) is 17.4. The molecule has 0 aliphatic carbocycles. The van der Waals surface area contributed by atoms with E-state index in [-0.39, 0.29) is 18.0 Å². The summed E-state index contributed by atoms with van der Waals surface area (Å²) >= 11 is 5.53. The van der Waals surface area contributed by atoms with E-state index in [1.165, 1.54) is 12.1 Å². The van der Waals surface area contributed by atoms with Crippen LogP contribution < -0.4 is 0 Å². The standard InChI is InChI=1S/C16H19ClO4/c1-2-21-16(20)13-8-6-12(7-9-13)15(19)11-14(18)5-3-4-10-17/h6-9H,2-5,10-11H2,1H3. The fourth-order valence-corrected chi connectivity index (χ4v) is 1.98. The molecular formula is C16H19ClO4. The summed E-state index contributed by atoms with van der Waals surface area (Å²) in [6, 6.07) is 6.15. The molecule has 0 heterocycles. The third-order valence-corrected chi connectivity index (χ3v) is 3.18. The van der Waals surface area contributed by atoms with E-state index in [4.69, 9.17) is 16.3 Å². The highest BCUT2D eigenvalue weighted by atomic mass is 35.5. The molecule has 0 amide bonds. The number of ketones is 2. The Kier molecular flexibility index (Phi) is 7.69. The summed E-state index contributed by atoms with van der Waals surface area (Å²) < 4.78 is 4.86. The molecule has 0 aromatic heterocycles. The van der Waals surface area contributed by atoms with Crippen LogP contribution in [0.25, 0.3) is 0 Å². The van der Waals surface area contributed by atoms with Crippen molar-refractivity contribution < 1.29 is 19.1 Å². The summed E-state index contributed by atoms with van der Waals surface area (Å²) in [7, 11) is 0. The van der Waals surface area contributed by atoms with E-state index in [0.717, 1.165) is 6.42 Å². The molecule has 0 aliphatic rings. The van der Waals surface area contributed by atoms with E-state index >= 15 is 0 Å². The van der Waals surface area contributed by atoms with Crippen molar-refractivity contribution in [3.8, 4) is 0 Å². The van der Waals surface area contributed by atoms with E-state index in [0.29, 0.717) is 36.5 Å². The molecule has 1 aromatic rings. The van der Waals surface area contributed by atoms with Crippen molar-refractivity contribution in [3.63, 3.8) is 0 Å². The Labute approximate surface area is 129 Å². The van der Waals surface area contributed by atoms with Crippen LogP contribution in [0.4, 0.5) is 0 Å². The van der Waals surface area contributed by atoms with Crippen molar-refractivity contribution in [2.75, 3.05) is 12.5 Å². The van der Waals surface area contributed by atoms with E-state index in [1.54, 1.807) is 19.1 Å². The molecule has 21 heavy (non-hydrogen) atoms. The van der Waals surface area contributed by atoms with Crippen LogP contribution in [-0.2, 0) is 9.53 Å². The van der Waals surface area contributed by atoms with Crippen molar-refractivity contribution in [1.29, 1.82) is 0 Å². The van der Waals surface area contributed by atoms with Gasteiger partial charge in [-0.05, 0) is 31.9 Å². The van der Waals surface area contributed by atoms with Gasteiger partial charge >= 0.3 is 5.97 Å². The molecular weight excluding hydrogens is 292 g/mol. The second-order valence-corrected chi connectivity index (χ2v) is 4.96. The predicted molar refractivity (Wildman–Crippen MR) is 80.9 cm³/mol. The highest BCUT2D eigenvalue weighted by Gasteiger charge is 2.13. The average Bonchev–Trinajstić information content (AvgIpc) is 2.48. The third kappa shape index (κ3) is 6.08. The maximum absolute atomic E-state index is 11.9. The van der Waals surface area contributed by atoms with Gasteiger partial charge in [0.2, 0.25) is 0 Å². The first-order chi connectivity index (χ1) is 10.1. The lowest BCUT2D eigenvalue weighted by Crippen LogP contribution is -2.09. The van der Waals surface area contributed by atoms with Crippen LogP contribution in [0.15, 0.2) is 24.3 Å². The minimum atomic E-state index is -0.423. The van der Waals surface area contributed by atoms with Gasteiger partial charge in [-0.3, -0.25) is 9.59 Å². The van der Waals surface area contributed by atoms with Gasteiger partial charge < -0.3 is 4.74 Å². The minimum Gasteiger partial charge on any atom is -0.462 e. The Balaban J connectivity index is 2.55. The van der Waals surface area contributed by atoms with Crippen molar-refractivity contribution in [2.24, 2.45) is 0 Å². The molecule has 5 heteroatoms. The van der Waals surface area contributed by atoms with Crippen molar-refractivity contribution in [2.45, 2.75) is 32.6 Å². The smallest absolute Gasteiger partial charge is 0.338 e. The van der Waals surface area contributed by atoms with Crippen LogP contribution in [0.2, 0.25) is 0 Å². The van der Waals surface area contributed by atoms with Crippen LogP contribution in [0.1, 0.15) is 53.3 Å². The largest absolute Gasteiger partial charge is 0.462 e. The number of Topliss-reactive ketones (excluding diaryl/α,β-unsaturated/α-hetero) is 2. The summed E-state index contributed by atoms with van der Waals surface area (Å²) in [5.41, 5.74) is 0.815. The van der Waals surface area contributed by atoms with Crippen LogP contribution >= 0.6 is 11.6 Å². The lowest BCUT2D eigenvalue weighted by atomic mass is 10.0. The van der Waals surface area contributed by atoms with Gasteiger partial charge in [0.15, 0.2) is 5.78 Å².